The van der Waals surface area contributed by atoms with Crippen LogP contribution in [0.25, 0.3) is 0 Å². The van der Waals surface area contributed by atoms with Gasteiger partial charge in [0.1, 0.15) is 5.82 Å². The third kappa shape index (κ3) is 4.20. The molecule has 1 aliphatic heterocycles. The fraction of sp³-hybridized carbons (Fsp3) is 0.350. The van der Waals surface area contributed by atoms with Gasteiger partial charge in [0.15, 0.2) is 0 Å². The van der Waals surface area contributed by atoms with Crippen molar-refractivity contribution in [1.82, 2.24) is 14.8 Å². The molecule has 1 aliphatic rings. The number of benzene rings is 1. The standard InChI is InChI=1S/C20H24N4O2/c1-2-23(15-17-6-4-3-5-7-17)20(26)18-8-9-19(21-14-18)24-12-10-22(16-25)11-13-24/h3-9,14,16H,2,10-13,15H2,1H3. The molecule has 26 heavy (non-hydrogen) atoms. The summed E-state index contributed by atoms with van der Waals surface area (Å²) in [7, 11) is 0. The van der Waals surface area contributed by atoms with Gasteiger partial charge in [-0.1, -0.05) is 30.3 Å². The molecule has 0 bridgehead atoms. The van der Waals surface area contributed by atoms with Crippen LogP contribution < -0.4 is 4.90 Å². The molecule has 3 rings (SSSR count). The fourth-order valence-electron chi connectivity index (χ4n) is 3.07. The van der Waals surface area contributed by atoms with Crippen molar-refractivity contribution in [2.45, 2.75) is 13.5 Å². The van der Waals surface area contributed by atoms with E-state index in [0.717, 1.165) is 30.9 Å². The van der Waals surface area contributed by atoms with Crippen molar-refractivity contribution in [3.63, 3.8) is 0 Å². The van der Waals surface area contributed by atoms with Crippen molar-refractivity contribution >= 4 is 18.1 Å². The molecular weight excluding hydrogens is 328 g/mol. The monoisotopic (exact) mass is 352 g/mol. The van der Waals surface area contributed by atoms with Crippen molar-refractivity contribution in [1.29, 1.82) is 0 Å². The predicted octanol–water partition coefficient (Wildman–Crippen LogP) is 2.02. The van der Waals surface area contributed by atoms with Gasteiger partial charge in [-0.05, 0) is 24.6 Å². The summed E-state index contributed by atoms with van der Waals surface area (Å²) < 4.78 is 0. The Morgan fingerprint density at radius 2 is 1.85 bits per heavy atom. The Balaban J connectivity index is 1.65. The van der Waals surface area contributed by atoms with Gasteiger partial charge in [-0.25, -0.2) is 4.98 Å². The van der Waals surface area contributed by atoms with E-state index >= 15 is 0 Å². The Bertz CT molecular complexity index is 725. The van der Waals surface area contributed by atoms with E-state index in [0.29, 0.717) is 31.7 Å². The molecule has 2 aromatic rings. The Labute approximate surface area is 154 Å². The lowest BCUT2D eigenvalue weighted by molar-refractivity contribution is -0.118. The van der Waals surface area contributed by atoms with Gasteiger partial charge in [0.05, 0.1) is 5.56 Å². The molecule has 6 nitrogen and oxygen atoms in total. The molecule has 6 heteroatoms. The minimum absolute atomic E-state index is 0.0128. The Morgan fingerprint density at radius 3 is 2.42 bits per heavy atom. The number of aromatic nitrogens is 1. The van der Waals surface area contributed by atoms with Gasteiger partial charge in [-0.3, -0.25) is 9.59 Å². The SMILES string of the molecule is CCN(Cc1ccccc1)C(=O)c1ccc(N2CCN(C=O)CC2)nc1. The number of carbonyl (C=O) groups excluding carboxylic acids is 2. The van der Waals surface area contributed by atoms with E-state index in [-0.39, 0.29) is 5.91 Å². The Kier molecular flexibility index (Phi) is 5.84. The molecule has 0 unspecified atom stereocenters. The minimum atomic E-state index is -0.0128. The van der Waals surface area contributed by atoms with Crippen LogP contribution in [-0.2, 0) is 11.3 Å². The lowest BCUT2D eigenvalue weighted by Crippen LogP contribution is -2.46. The summed E-state index contributed by atoms with van der Waals surface area (Å²) in [6.45, 7) is 6.13. The molecule has 0 radical (unpaired) electrons. The molecule has 1 saturated heterocycles. The normalized spacial score (nSPS) is 14.2. The third-order valence-electron chi connectivity index (χ3n) is 4.67. The highest BCUT2D eigenvalue weighted by molar-refractivity contribution is 5.94. The minimum Gasteiger partial charge on any atom is -0.353 e. The maximum Gasteiger partial charge on any atom is 0.255 e. The summed E-state index contributed by atoms with van der Waals surface area (Å²) in [6.07, 6.45) is 2.54. The highest BCUT2D eigenvalue weighted by Crippen LogP contribution is 2.15. The maximum atomic E-state index is 12.8. The fourth-order valence-corrected chi connectivity index (χ4v) is 3.07. The number of amides is 2. The largest absolute Gasteiger partial charge is 0.353 e. The highest BCUT2D eigenvalue weighted by atomic mass is 16.2. The number of carbonyl (C=O) groups is 2. The molecule has 0 saturated carbocycles. The number of hydrogen-bond acceptors (Lipinski definition) is 4. The molecule has 2 amide bonds. The van der Waals surface area contributed by atoms with E-state index in [2.05, 4.69) is 9.88 Å². The zero-order valence-electron chi connectivity index (χ0n) is 15.0. The lowest BCUT2D eigenvalue weighted by Gasteiger charge is -2.33. The van der Waals surface area contributed by atoms with Gasteiger partial charge in [-0.15, -0.1) is 0 Å². The van der Waals surface area contributed by atoms with Crippen LogP contribution in [0.1, 0.15) is 22.8 Å². The first kappa shape index (κ1) is 17.9. The third-order valence-corrected chi connectivity index (χ3v) is 4.67. The quantitative estimate of drug-likeness (QED) is 0.747. The van der Waals surface area contributed by atoms with Crippen molar-refractivity contribution in [3.8, 4) is 0 Å². The van der Waals surface area contributed by atoms with Crippen molar-refractivity contribution < 1.29 is 9.59 Å². The summed E-state index contributed by atoms with van der Waals surface area (Å²) in [6, 6.07) is 13.7. The second kappa shape index (κ2) is 8.47. The molecule has 1 aromatic carbocycles. The van der Waals surface area contributed by atoms with Crippen LogP contribution in [0.2, 0.25) is 0 Å². The second-order valence-electron chi connectivity index (χ2n) is 6.34. The maximum absolute atomic E-state index is 12.8. The van der Waals surface area contributed by atoms with Crippen LogP contribution in [-0.4, -0.2) is 59.8 Å². The molecule has 136 valence electrons. The van der Waals surface area contributed by atoms with Crippen LogP contribution in [0.5, 0.6) is 0 Å². The van der Waals surface area contributed by atoms with Crippen molar-refractivity contribution in [3.05, 3.63) is 59.8 Å². The smallest absolute Gasteiger partial charge is 0.255 e. The number of rotatable bonds is 6. The Morgan fingerprint density at radius 1 is 1.12 bits per heavy atom. The van der Waals surface area contributed by atoms with E-state index in [1.54, 1.807) is 11.1 Å². The van der Waals surface area contributed by atoms with Gasteiger partial charge in [0.25, 0.3) is 5.91 Å². The molecule has 0 N–H and O–H groups in total. The molecule has 0 atom stereocenters. The molecule has 0 aliphatic carbocycles. The summed E-state index contributed by atoms with van der Waals surface area (Å²) in [5.74, 6) is 0.833. The average molecular weight is 352 g/mol. The summed E-state index contributed by atoms with van der Waals surface area (Å²) >= 11 is 0. The molecular formula is C20H24N4O2. The molecule has 2 heterocycles. The van der Waals surface area contributed by atoms with Crippen LogP contribution in [0.15, 0.2) is 48.7 Å². The molecule has 1 fully saturated rings. The van der Waals surface area contributed by atoms with Gasteiger partial charge < -0.3 is 14.7 Å². The van der Waals surface area contributed by atoms with Gasteiger partial charge in [0, 0.05) is 45.5 Å². The summed E-state index contributed by atoms with van der Waals surface area (Å²) in [4.78, 5) is 33.8. The number of hydrogen-bond donors (Lipinski definition) is 0. The van der Waals surface area contributed by atoms with Crippen LogP contribution in [0, 0.1) is 0 Å². The van der Waals surface area contributed by atoms with Crippen LogP contribution in [0.3, 0.4) is 0 Å². The second-order valence-corrected chi connectivity index (χ2v) is 6.34. The van der Waals surface area contributed by atoms with Gasteiger partial charge in [-0.2, -0.15) is 0 Å². The average Bonchev–Trinajstić information content (AvgIpc) is 2.72. The molecule has 0 spiro atoms. The topological polar surface area (TPSA) is 56.8 Å². The first-order valence-corrected chi connectivity index (χ1v) is 8.95. The number of anilines is 1. The summed E-state index contributed by atoms with van der Waals surface area (Å²) in [5.41, 5.74) is 1.71. The first-order valence-electron chi connectivity index (χ1n) is 8.95. The van der Waals surface area contributed by atoms with Crippen molar-refractivity contribution in [2.75, 3.05) is 37.6 Å². The van der Waals surface area contributed by atoms with E-state index in [1.165, 1.54) is 0 Å². The summed E-state index contributed by atoms with van der Waals surface area (Å²) in [5, 5.41) is 0. The number of pyridine rings is 1. The van der Waals surface area contributed by atoms with E-state index < -0.39 is 0 Å². The number of nitrogens with zero attached hydrogens (tertiary/aromatic N) is 4. The first-order chi connectivity index (χ1) is 12.7. The zero-order chi connectivity index (χ0) is 18.4. The van der Waals surface area contributed by atoms with E-state index in [9.17, 15) is 9.59 Å². The number of piperazine rings is 1. The Hall–Kier alpha value is -2.89. The zero-order valence-corrected chi connectivity index (χ0v) is 15.0. The van der Waals surface area contributed by atoms with Crippen LogP contribution >= 0.6 is 0 Å². The lowest BCUT2D eigenvalue weighted by atomic mass is 10.2. The van der Waals surface area contributed by atoms with E-state index in [1.807, 2.05) is 54.3 Å². The predicted molar refractivity (Wildman–Crippen MR) is 101 cm³/mol. The van der Waals surface area contributed by atoms with Gasteiger partial charge >= 0.3 is 0 Å². The van der Waals surface area contributed by atoms with Crippen molar-refractivity contribution in [2.24, 2.45) is 0 Å². The molecule has 1 aromatic heterocycles. The van der Waals surface area contributed by atoms with Crippen LogP contribution in [0.4, 0.5) is 5.82 Å². The van der Waals surface area contributed by atoms with E-state index in [4.69, 9.17) is 0 Å². The van der Waals surface area contributed by atoms with Gasteiger partial charge in [0.2, 0.25) is 6.41 Å². The highest BCUT2D eigenvalue weighted by Gasteiger charge is 2.18.